The first-order chi connectivity index (χ1) is 8.84. The molecule has 1 nitrogen and oxygen atoms in total. The van der Waals surface area contributed by atoms with Gasteiger partial charge in [-0.3, -0.25) is 0 Å². The molecule has 3 aromatic rings. The van der Waals surface area contributed by atoms with E-state index >= 15 is 0 Å². The Balaban J connectivity index is 2.06. The van der Waals surface area contributed by atoms with Crippen LogP contribution >= 0.6 is 15.9 Å². The number of halogens is 1. The van der Waals surface area contributed by atoms with E-state index in [1.165, 1.54) is 0 Å². The lowest BCUT2D eigenvalue weighted by Crippen LogP contribution is -1.72. The minimum absolute atomic E-state index is 0.667. The van der Waals surface area contributed by atoms with Gasteiger partial charge in [0.25, 0.3) is 0 Å². The van der Waals surface area contributed by atoms with E-state index in [-0.39, 0.29) is 0 Å². The number of furan rings is 1. The lowest BCUT2D eigenvalue weighted by Gasteiger charge is -1.86. The van der Waals surface area contributed by atoms with E-state index in [0.717, 1.165) is 21.0 Å². The molecule has 0 saturated heterocycles. The van der Waals surface area contributed by atoms with Crippen molar-refractivity contribution in [1.29, 1.82) is 0 Å². The van der Waals surface area contributed by atoms with Crippen LogP contribution in [0.1, 0.15) is 11.3 Å². The van der Waals surface area contributed by atoms with Crippen LogP contribution in [0.5, 0.6) is 0 Å². The summed E-state index contributed by atoms with van der Waals surface area (Å²) in [6.45, 7) is 0. The quantitative estimate of drug-likeness (QED) is 0.553. The molecule has 1 heterocycles. The zero-order valence-electron chi connectivity index (χ0n) is 9.48. The second-order valence-electron chi connectivity index (χ2n) is 3.86. The maximum absolute atomic E-state index is 5.70. The summed E-state index contributed by atoms with van der Waals surface area (Å²) in [6.07, 6.45) is 0. The second-order valence-corrected chi connectivity index (χ2v) is 4.65. The monoisotopic (exact) mass is 296 g/mol. The highest BCUT2D eigenvalue weighted by molar-refractivity contribution is 9.10. The van der Waals surface area contributed by atoms with E-state index in [1.54, 1.807) is 0 Å². The normalized spacial score (nSPS) is 10.1. The molecule has 0 aliphatic rings. The number of para-hydroxylation sites is 1. The van der Waals surface area contributed by atoms with Gasteiger partial charge in [-0.15, -0.1) is 0 Å². The molecule has 2 aromatic carbocycles. The highest BCUT2D eigenvalue weighted by Crippen LogP contribution is 2.29. The van der Waals surface area contributed by atoms with Gasteiger partial charge in [-0.05, 0) is 46.1 Å². The highest BCUT2D eigenvalue weighted by atomic mass is 79.9. The summed E-state index contributed by atoms with van der Waals surface area (Å²) >= 11 is 3.53. The number of hydrogen-bond acceptors (Lipinski definition) is 1. The van der Waals surface area contributed by atoms with Gasteiger partial charge in [-0.2, -0.15) is 0 Å². The van der Waals surface area contributed by atoms with Gasteiger partial charge >= 0.3 is 0 Å². The van der Waals surface area contributed by atoms with Crippen molar-refractivity contribution in [3.63, 3.8) is 0 Å². The molecule has 0 atom stereocenters. The maximum atomic E-state index is 5.70. The van der Waals surface area contributed by atoms with Crippen molar-refractivity contribution in [2.75, 3.05) is 0 Å². The summed E-state index contributed by atoms with van der Waals surface area (Å²) in [4.78, 5) is 0. The summed E-state index contributed by atoms with van der Waals surface area (Å²) < 4.78 is 6.62. The first-order valence-electron chi connectivity index (χ1n) is 5.59. The number of hydrogen-bond donors (Lipinski definition) is 0. The van der Waals surface area contributed by atoms with Gasteiger partial charge in [0.15, 0.2) is 5.76 Å². The molecule has 18 heavy (non-hydrogen) atoms. The first-order valence-corrected chi connectivity index (χ1v) is 6.38. The third-order valence-corrected chi connectivity index (χ3v) is 3.42. The topological polar surface area (TPSA) is 13.1 Å². The van der Waals surface area contributed by atoms with Crippen molar-refractivity contribution in [3.8, 4) is 11.8 Å². The van der Waals surface area contributed by atoms with Crippen LogP contribution in [0.4, 0.5) is 0 Å². The van der Waals surface area contributed by atoms with Gasteiger partial charge in [-0.25, -0.2) is 0 Å². The molecule has 1 aromatic heterocycles. The van der Waals surface area contributed by atoms with Gasteiger partial charge in [-0.1, -0.05) is 36.3 Å². The Labute approximate surface area is 114 Å². The van der Waals surface area contributed by atoms with Gasteiger partial charge < -0.3 is 4.42 Å². The maximum Gasteiger partial charge on any atom is 0.192 e. The Hall–Kier alpha value is -1.98. The predicted octanol–water partition coefficient (Wildman–Crippen LogP) is 4.60. The lowest BCUT2D eigenvalue weighted by atomic mass is 10.2. The largest absolute Gasteiger partial charge is 0.446 e. The Bertz CT molecular complexity index is 745. The molecule has 0 aliphatic heterocycles. The van der Waals surface area contributed by atoms with Crippen LogP contribution in [0.25, 0.3) is 11.0 Å². The molecule has 0 aliphatic carbocycles. The van der Waals surface area contributed by atoms with E-state index in [9.17, 15) is 0 Å². The van der Waals surface area contributed by atoms with Crippen LogP contribution in [0.15, 0.2) is 63.5 Å². The predicted molar refractivity (Wildman–Crippen MR) is 76.3 cm³/mol. The Morgan fingerprint density at radius 1 is 0.833 bits per heavy atom. The molecule has 86 valence electrons. The van der Waals surface area contributed by atoms with Crippen LogP contribution in [0, 0.1) is 11.8 Å². The third kappa shape index (κ3) is 2.05. The standard InChI is InChI=1S/C16H9BrO/c17-16-13-8-4-5-9-14(13)18-15(16)11-10-12-6-2-1-3-7-12/h1-9H. The van der Waals surface area contributed by atoms with Crippen LogP contribution in [0.3, 0.4) is 0 Å². The number of fused-ring (bicyclic) bond motifs is 1. The second kappa shape index (κ2) is 4.72. The average molecular weight is 297 g/mol. The summed E-state index contributed by atoms with van der Waals surface area (Å²) in [7, 11) is 0. The molecule has 0 amide bonds. The van der Waals surface area contributed by atoms with E-state index in [4.69, 9.17) is 4.42 Å². The number of benzene rings is 2. The molecule has 2 heteroatoms. The van der Waals surface area contributed by atoms with Gasteiger partial charge in [0, 0.05) is 10.9 Å². The molecular formula is C16H9BrO. The summed E-state index contributed by atoms with van der Waals surface area (Å²) in [5.74, 6) is 6.81. The van der Waals surface area contributed by atoms with Crippen LogP contribution in [-0.2, 0) is 0 Å². The molecule has 0 saturated carbocycles. The SMILES string of the molecule is Brc1c(C#Cc2ccccc2)oc2ccccc12. The average Bonchev–Trinajstić information content (AvgIpc) is 2.75. The lowest BCUT2D eigenvalue weighted by molar-refractivity contribution is 0.599. The first kappa shape index (κ1) is 11.1. The van der Waals surface area contributed by atoms with E-state index in [2.05, 4.69) is 27.8 Å². The Kier molecular flexibility index (Phi) is 2.92. The fraction of sp³-hybridized carbons (Fsp3) is 0. The minimum atomic E-state index is 0.667. The van der Waals surface area contributed by atoms with Gasteiger partial charge in [0.2, 0.25) is 0 Å². The molecule has 3 rings (SSSR count). The van der Waals surface area contributed by atoms with E-state index < -0.39 is 0 Å². The summed E-state index contributed by atoms with van der Waals surface area (Å²) in [5.41, 5.74) is 1.83. The molecule has 0 N–H and O–H groups in total. The zero-order chi connectivity index (χ0) is 12.4. The van der Waals surface area contributed by atoms with Crippen LogP contribution in [-0.4, -0.2) is 0 Å². The van der Waals surface area contributed by atoms with E-state index in [0.29, 0.717) is 5.76 Å². The fourth-order valence-electron chi connectivity index (χ4n) is 1.74. The number of rotatable bonds is 0. The van der Waals surface area contributed by atoms with Crippen molar-refractivity contribution in [3.05, 3.63) is 70.4 Å². The molecular weight excluding hydrogens is 288 g/mol. The van der Waals surface area contributed by atoms with Crippen molar-refractivity contribution in [1.82, 2.24) is 0 Å². The van der Waals surface area contributed by atoms with Gasteiger partial charge in [0.05, 0.1) is 4.47 Å². The smallest absolute Gasteiger partial charge is 0.192 e. The Morgan fingerprint density at radius 2 is 1.56 bits per heavy atom. The van der Waals surface area contributed by atoms with Crippen molar-refractivity contribution in [2.45, 2.75) is 0 Å². The van der Waals surface area contributed by atoms with Crippen LogP contribution in [0.2, 0.25) is 0 Å². The minimum Gasteiger partial charge on any atom is -0.446 e. The summed E-state index contributed by atoms with van der Waals surface area (Å²) in [6, 6.07) is 17.7. The highest BCUT2D eigenvalue weighted by Gasteiger charge is 2.08. The molecule has 0 radical (unpaired) electrons. The zero-order valence-corrected chi connectivity index (χ0v) is 11.1. The molecule has 0 bridgehead atoms. The summed E-state index contributed by atoms with van der Waals surface area (Å²) in [5, 5.41) is 1.05. The van der Waals surface area contributed by atoms with Crippen LogP contribution < -0.4 is 0 Å². The molecule has 0 fully saturated rings. The van der Waals surface area contributed by atoms with E-state index in [1.807, 2.05) is 54.6 Å². The van der Waals surface area contributed by atoms with Crippen molar-refractivity contribution < 1.29 is 4.42 Å². The van der Waals surface area contributed by atoms with Crippen molar-refractivity contribution >= 4 is 26.9 Å². The Morgan fingerprint density at radius 3 is 2.33 bits per heavy atom. The van der Waals surface area contributed by atoms with Crippen molar-refractivity contribution in [2.24, 2.45) is 0 Å². The molecule has 0 spiro atoms. The third-order valence-electron chi connectivity index (χ3n) is 2.63. The molecule has 0 unspecified atom stereocenters. The van der Waals surface area contributed by atoms with Gasteiger partial charge in [0.1, 0.15) is 5.58 Å². The fourth-order valence-corrected chi connectivity index (χ4v) is 2.25.